The van der Waals surface area contributed by atoms with Crippen molar-refractivity contribution in [3.05, 3.63) is 72.3 Å². The molecule has 2 N–H and O–H groups in total. The molecule has 178 valence electrons. The average Bonchev–Trinajstić information content (AvgIpc) is 3.16. The SMILES string of the molecule is C=CCN(CC(=O)O)C(=O)C1(NC(=O)OCC2c3ccccc3-c3ccccc32)CCOCC1. The molecular formula is C26H28N2O6. The van der Waals surface area contributed by atoms with Crippen molar-refractivity contribution in [1.82, 2.24) is 10.2 Å². The van der Waals surface area contributed by atoms with Gasteiger partial charge in [-0.05, 0) is 22.3 Å². The summed E-state index contributed by atoms with van der Waals surface area (Å²) in [6.07, 6.45) is 1.19. The molecule has 4 rings (SSSR count). The number of carbonyl (C=O) groups excluding carboxylic acids is 2. The lowest BCUT2D eigenvalue weighted by atomic mass is 9.88. The third-order valence-electron chi connectivity index (χ3n) is 6.40. The number of rotatable bonds is 8. The number of nitrogens with zero attached hydrogens (tertiary/aromatic N) is 1. The van der Waals surface area contributed by atoms with Crippen LogP contribution in [0, 0.1) is 0 Å². The molecule has 0 aromatic heterocycles. The van der Waals surface area contributed by atoms with E-state index in [2.05, 4.69) is 24.0 Å². The molecule has 1 aliphatic heterocycles. The van der Waals surface area contributed by atoms with Crippen LogP contribution in [0.15, 0.2) is 61.2 Å². The number of hydrogen-bond donors (Lipinski definition) is 2. The standard InChI is InChI=1S/C26H28N2O6/c1-2-13-28(16-23(29)30)24(31)26(11-14-33-15-12-26)27-25(32)34-17-22-20-9-5-3-7-18(20)19-8-4-6-10-21(19)22/h2-10,22H,1,11-17H2,(H,27,32)(H,29,30). The summed E-state index contributed by atoms with van der Waals surface area (Å²) in [7, 11) is 0. The maximum Gasteiger partial charge on any atom is 0.408 e. The fourth-order valence-electron chi connectivity index (χ4n) is 4.78. The van der Waals surface area contributed by atoms with Crippen molar-refractivity contribution >= 4 is 18.0 Å². The lowest BCUT2D eigenvalue weighted by Crippen LogP contribution is -2.62. The zero-order chi connectivity index (χ0) is 24.1. The van der Waals surface area contributed by atoms with Gasteiger partial charge in [0.15, 0.2) is 0 Å². The van der Waals surface area contributed by atoms with Gasteiger partial charge in [-0.3, -0.25) is 9.59 Å². The zero-order valence-corrected chi connectivity index (χ0v) is 18.9. The van der Waals surface area contributed by atoms with Crippen LogP contribution in [0.2, 0.25) is 0 Å². The van der Waals surface area contributed by atoms with Crippen molar-refractivity contribution < 1.29 is 29.0 Å². The molecule has 8 nitrogen and oxygen atoms in total. The number of nitrogens with one attached hydrogen (secondary N) is 1. The van der Waals surface area contributed by atoms with Crippen molar-refractivity contribution in [1.29, 1.82) is 0 Å². The summed E-state index contributed by atoms with van der Waals surface area (Å²) in [6.45, 7) is 3.83. The summed E-state index contributed by atoms with van der Waals surface area (Å²) >= 11 is 0. The Morgan fingerprint density at radius 2 is 1.68 bits per heavy atom. The topological polar surface area (TPSA) is 105 Å². The molecule has 0 saturated carbocycles. The first-order chi connectivity index (χ1) is 16.4. The number of alkyl carbamates (subject to hydrolysis) is 1. The van der Waals surface area contributed by atoms with Crippen LogP contribution >= 0.6 is 0 Å². The van der Waals surface area contributed by atoms with Crippen LogP contribution in [0.4, 0.5) is 4.79 Å². The van der Waals surface area contributed by atoms with E-state index in [1.54, 1.807) is 0 Å². The number of amides is 2. The number of hydrogen-bond acceptors (Lipinski definition) is 5. The highest BCUT2D eigenvalue weighted by atomic mass is 16.5. The molecule has 8 heteroatoms. The molecule has 2 amide bonds. The molecule has 0 spiro atoms. The first-order valence-corrected chi connectivity index (χ1v) is 11.3. The van der Waals surface area contributed by atoms with E-state index in [0.29, 0.717) is 0 Å². The smallest absolute Gasteiger partial charge is 0.408 e. The van der Waals surface area contributed by atoms with Crippen LogP contribution < -0.4 is 5.32 Å². The second-order valence-electron chi connectivity index (χ2n) is 8.51. The Kier molecular flexibility index (Phi) is 6.98. The molecular weight excluding hydrogens is 436 g/mol. The molecule has 2 aromatic carbocycles. The summed E-state index contributed by atoms with van der Waals surface area (Å²) in [5.74, 6) is -1.73. The lowest BCUT2D eigenvalue weighted by Gasteiger charge is -2.39. The molecule has 0 unspecified atom stereocenters. The monoisotopic (exact) mass is 464 g/mol. The van der Waals surface area contributed by atoms with E-state index in [-0.39, 0.29) is 45.1 Å². The van der Waals surface area contributed by atoms with Crippen LogP contribution in [0.5, 0.6) is 0 Å². The average molecular weight is 465 g/mol. The van der Waals surface area contributed by atoms with E-state index in [4.69, 9.17) is 9.47 Å². The summed E-state index contributed by atoms with van der Waals surface area (Å²) < 4.78 is 11.0. The highest BCUT2D eigenvalue weighted by Gasteiger charge is 2.44. The maximum absolute atomic E-state index is 13.4. The van der Waals surface area contributed by atoms with Gasteiger partial charge in [0.25, 0.3) is 0 Å². The van der Waals surface area contributed by atoms with Gasteiger partial charge < -0.3 is 24.8 Å². The molecule has 1 fully saturated rings. The molecule has 0 atom stereocenters. The van der Waals surface area contributed by atoms with Crippen LogP contribution in [0.3, 0.4) is 0 Å². The molecule has 34 heavy (non-hydrogen) atoms. The van der Waals surface area contributed by atoms with Gasteiger partial charge in [0, 0.05) is 38.5 Å². The molecule has 0 radical (unpaired) electrons. The Morgan fingerprint density at radius 1 is 1.09 bits per heavy atom. The Bertz CT molecular complexity index is 1050. The first-order valence-electron chi connectivity index (χ1n) is 11.3. The minimum atomic E-state index is -1.29. The van der Waals surface area contributed by atoms with E-state index >= 15 is 0 Å². The van der Waals surface area contributed by atoms with Gasteiger partial charge in [0.05, 0.1) is 0 Å². The number of fused-ring (bicyclic) bond motifs is 3. The number of benzene rings is 2. The molecule has 1 saturated heterocycles. The number of carboxylic acid groups (broad SMARTS) is 1. The van der Waals surface area contributed by atoms with Crippen molar-refractivity contribution in [2.24, 2.45) is 0 Å². The highest BCUT2D eigenvalue weighted by molar-refractivity contribution is 5.92. The second-order valence-corrected chi connectivity index (χ2v) is 8.51. The minimum Gasteiger partial charge on any atom is -0.480 e. The Hall–Kier alpha value is -3.65. The third-order valence-corrected chi connectivity index (χ3v) is 6.40. The predicted molar refractivity (Wildman–Crippen MR) is 125 cm³/mol. The fraction of sp³-hybridized carbons (Fsp3) is 0.346. The molecule has 0 bridgehead atoms. The summed E-state index contributed by atoms with van der Waals surface area (Å²) in [5.41, 5.74) is 3.13. The van der Waals surface area contributed by atoms with Crippen LogP contribution in [-0.2, 0) is 19.1 Å². The molecule has 1 aliphatic carbocycles. The van der Waals surface area contributed by atoms with Crippen LogP contribution in [0.25, 0.3) is 11.1 Å². The summed E-state index contributed by atoms with van der Waals surface area (Å²) in [5, 5.41) is 12.0. The lowest BCUT2D eigenvalue weighted by molar-refractivity contribution is -0.149. The highest BCUT2D eigenvalue weighted by Crippen LogP contribution is 2.44. The summed E-state index contributed by atoms with van der Waals surface area (Å²) in [6, 6.07) is 16.1. The van der Waals surface area contributed by atoms with Gasteiger partial charge in [-0.2, -0.15) is 0 Å². The van der Waals surface area contributed by atoms with Gasteiger partial charge >= 0.3 is 12.1 Å². The van der Waals surface area contributed by atoms with E-state index in [0.717, 1.165) is 22.3 Å². The van der Waals surface area contributed by atoms with E-state index in [9.17, 15) is 19.5 Å². The van der Waals surface area contributed by atoms with Gasteiger partial charge in [0.2, 0.25) is 5.91 Å². The zero-order valence-electron chi connectivity index (χ0n) is 18.9. The molecule has 2 aliphatic rings. The molecule has 1 heterocycles. The Labute approximate surface area is 198 Å². The quantitative estimate of drug-likeness (QED) is 0.582. The van der Waals surface area contributed by atoms with Crippen molar-refractivity contribution in [2.45, 2.75) is 24.3 Å². The van der Waals surface area contributed by atoms with Gasteiger partial charge in [0.1, 0.15) is 18.7 Å². The molecule has 2 aromatic rings. The predicted octanol–water partition coefficient (Wildman–Crippen LogP) is 3.17. The third kappa shape index (κ3) is 4.68. The van der Waals surface area contributed by atoms with Crippen LogP contribution in [0.1, 0.15) is 29.9 Å². The largest absolute Gasteiger partial charge is 0.480 e. The van der Waals surface area contributed by atoms with E-state index in [1.165, 1.54) is 11.0 Å². The van der Waals surface area contributed by atoms with Crippen molar-refractivity contribution in [3.8, 4) is 11.1 Å². The normalized spacial score (nSPS) is 16.1. The Balaban J connectivity index is 1.49. The van der Waals surface area contributed by atoms with E-state index < -0.39 is 30.1 Å². The van der Waals surface area contributed by atoms with Gasteiger partial charge in [-0.15, -0.1) is 6.58 Å². The van der Waals surface area contributed by atoms with Gasteiger partial charge in [-0.25, -0.2) is 4.79 Å². The van der Waals surface area contributed by atoms with Crippen molar-refractivity contribution in [2.75, 3.05) is 32.9 Å². The summed E-state index contributed by atoms with van der Waals surface area (Å²) in [4.78, 5) is 38.7. The van der Waals surface area contributed by atoms with E-state index in [1.807, 2.05) is 36.4 Å². The number of ether oxygens (including phenoxy) is 2. The fourth-order valence-corrected chi connectivity index (χ4v) is 4.78. The number of carboxylic acids is 1. The number of aliphatic carboxylic acids is 1. The maximum atomic E-state index is 13.4. The van der Waals surface area contributed by atoms with Crippen molar-refractivity contribution in [3.63, 3.8) is 0 Å². The number of carbonyl (C=O) groups is 3. The second kappa shape index (κ2) is 10.1. The first kappa shape index (κ1) is 23.5. The van der Waals surface area contributed by atoms with Gasteiger partial charge in [-0.1, -0.05) is 54.6 Å². The minimum absolute atomic E-state index is 0.0557. The Morgan fingerprint density at radius 3 is 2.24 bits per heavy atom. The van der Waals surface area contributed by atoms with Crippen LogP contribution in [-0.4, -0.2) is 66.4 Å².